The summed E-state index contributed by atoms with van der Waals surface area (Å²) in [5, 5.41) is 5.82. The zero-order valence-electron chi connectivity index (χ0n) is 8.74. The van der Waals surface area contributed by atoms with Gasteiger partial charge in [-0.05, 0) is 11.5 Å². The maximum Gasteiger partial charge on any atom is 0.225 e. The maximum absolute atomic E-state index is 11.5. The average Bonchev–Trinajstić information content (AvgIpc) is 2.30. The van der Waals surface area contributed by atoms with Gasteiger partial charge in [0.15, 0.2) is 0 Å². The highest BCUT2D eigenvalue weighted by Crippen LogP contribution is 2.22. The summed E-state index contributed by atoms with van der Waals surface area (Å²) < 4.78 is 0. The summed E-state index contributed by atoms with van der Waals surface area (Å²) in [6, 6.07) is 13.9. The van der Waals surface area contributed by atoms with Gasteiger partial charge in [0, 0.05) is 22.8 Å². The van der Waals surface area contributed by atoms with Gasteiger partial charge in [-0.25, -0.2) is 0 Å². The molecular formula is C13H12BrNO. The van der Waals surface area contributed by atoms with E-state index in [1.54, 1.807) is 0 Å². The van der Waals surface area contributed by atoms with E-state index in [4.69, 9.17) is 0 Å². The lowest BCUT2D eigenvalue weighted by atomic mass is 10.1. The summed E-state index contributed by atoms with van der Waals surface area (Å²) in [5.41, 5.74) is 0.879. The molecule has 0 aliphatic rings. The SMILES string of the molecule is O=C(CCBr)Nc1cccc2ccccc12. The van der Waals surface area contributed by atoms with Crippen LogP contribution in [0.25, 0.3) is 10.8 Å². The van der Waals surface area contributed by atoms with E-state index in [0.717, 1.165) is 16.5 Å². The third kappa shape index (κ3) is 2.42. The summed E-state index contributed by atoms with van der Waals surface area (Å²) >= 11 is 3.25. The molecule has 0 spiro atoms. The van der Waals surface area contributed by atoms with Crippen LogP contribution in [0.4, 0.5) is 5.69 Å². The van der Waals surface area contributed by atoms with Crippen LogP contribution in [-0.2, 0) is 4.79 Å². The molecule has 2 aromatic rings. The summed E-state index contributed by atoms with van der Waals surface area (Å²) in [5.74, 6) is 0.0354. The molecular weight excluding hydrogens is 266 g/mol. The summed E-state index contributed by atoms with van der Waals surface area (Å²) in [7, 11) is 0. The molecule has 0 saturated heterocycles. The lowest BCUT2D eigenvalue weighted by Crippen LogP contribution is -2.11. The zero-order valence-corrected chi connectivity index (χ0v) is 10.3. The quantitative estimate of drug-likeness (QED) is 0.854. The third-order valence-electron chi connectivity index (χ3n) is 2.39. The second-order valence-corrected chi connectivity index (χ2v) is 4.31. The van der Waals surface area contributed by atoms with Gasteiger partial charge in [0.25, 0.3) is 0 Å². The molecule has 0 saturated carbocycles. The number of hydrogen-bond donors (Lipinski definition) is 1. The minimum absolute atomic E-state index is 0.0354. The molecule has 0 atom stereocenters. The number of alkyl halides is 1. The van der Waals surface area contributed by atoms with Crippen molar-refractivity contribution in [3.05, 3.63) is 42.5 Å². The molecule has 1 amide bonds. The second kappa shape index (κ2) is 5.12. The van der Waals surface area contributed by atoms with Crippen molar-refractivity contribution in [2.75, 3.05) is 10.6 Å². The Bertz CT molecular complexity index is 505. The molecule has 0 aliphatic heterocycles. The molecule has 2 aromatic carbocycles. The highest BCUT2D eigenvalue weighted by atomic mass is 79.9. The lowest BCUT2D eigenvalue weighted by Gasteiger charge is -2.07. The monoisotopic (exact) mass is 277 g/mol. The van der Waals surface area contributed by atoms with Crippen LogP contribution in [0.15, 0.2) is 42.5 Å². The van der Waals surface area contributed by atoms with E-state index in [-0.39, 0.29) is 5.91 Å². The molecule has 0 unspecified atom stereocenters. The molecule has 0 aromatic heterocycles. The van der Waals surface area contributed by atoms with Crippen molar-refractivity contribution in [1.29, 1.82) is 0 Å². The predicted molar refractivity (Wildman–Crippen MR) is 71.0 cm³/mol. The predicted octanol–water partition coefficient (Wildman–Crippen LogP) is 3.56. The second-order valence-electron chi connectivity index (χ2n) is 3.51. The smallest absolute Gasteiger partial charge is 0.225 e. The van der Waals surface area contributed by atoms with Crippen molar-refractivity contribution < 1.29 is 4.79 Å². The minimum Gasteiger partial charge on any atom is -0.325 e. The molecule has 16 heavy (non-hydrogen) atoms. The number of anilines is 1. The normalized spacial score (nSPS) is 10.3. The van der Waals surface area contributed by atoms with E-state index in [9.17, 15) is 4.79 Å². The van der Waals surface area contributed by atoms with E-state index in [0.29, 0.717) is 11.8 Å². The van der Waals surface area contributed by atoms with E-state index in [2.05, 4.69) is 21.2 Å². The first-order chi connectivity index (χ1) is 7.81. The number of carbonyl (C=O) groups excluding carboxylic acids is 1. The largest absolute Gasteiger partial charge is 0.325 e. The molecule has 82 valence electrons. The first kappa shape index (κ1) is 11.1. The number of hydrogen-bond acceptors (Lipinski definition) is 1. The minimum atomic E-state index is 0.0354. The summed E-state index contributed by atoms with van der Waals surface area (Å²) in [4.78, 5) is 11.5. The molecule has 1 N–H and O–H groups in total. The van der Waals surface area contributed by atoms with Gasteiger partial charge < -0.3 is 5.32 Å². The Morgan fingerprint density at radius 1 is 1.12 bits per heavy atom. The third-order valence-corrected chi connectivity index (χ3v) is 2.78. The molecule has 0 heterocycles. The molecule has 2 rings (SSSR count). The van der Waals surface area contributed by atoms with Crippen molar-refractivity contribution in [3.63, 3.8) is 0 Å². The number of halogens is 1. The van der Waals surface area contributed by atoms with E-state index in [1.807, 2.05) is 42.5 Å². The first-order valence-corrected chi connectivity index (χ1v) is 6.27. The van der Waals surface area contributed by atoms with Crippen LogP contribution in [0, 0.1) is 0 Å². The van der Waals surface area contributed by atoms with Gasteiger partial charge in [-0.2, -0.15) is 0 Å². The molecule has 0 radical (unpaired) electrons. The first-order valence-electron chi connectivity index (χ1n) is 5.15. The van der Waals surface area contributed by atoms with Crippen molar-refractivity contribution in [3.8, 4) is 0 Å². The Morgan fingerprint density at radius 3 is 2.69 bits per heavy atom. The van der Waals surface area contributed by atoms with Gasteiger partial charge in [0.2, 0.25) is 5.91 Å². The fourth-order valence-electron chi connectivity index (χ4n) is 1.63. The van der Waals surface area contributed by atoms with Crippen molar-refractivity contribution >= 4 is 38.3 Å². The fourth-order valence-corrected chi connectivity index (χ4v) is 1.99. The number of benzene rings is 2. The van der Waals surface area contributed by atoms with Crippen molar-refractivity contribution in [2.45, 2.75) is 6.42 Å². The molecule has 0 fully saturated rings. The van der Waals surface area contributed by atoms with Crippen LogP contribution in [-0.4, -0.2) is 11.2 Å². The number of rotatable bonds is 3. The number of fused-ring (bicyclic) bond motifs is 1. The standard InChI is InChI=1S/C13H12BrNO/c14-9-8-13(16)15-12-7-3-5-10-4-1-2-6-11(10)12/h1-7H,8-9H2,(H,15,16). The van der Waals surface area contributed by atoms with E-state index < -0.39 is 0 Å². The molecule has 0 aliphatic carbocycles. The van der Waals surface area contributed by atoms with Gasteiger partial charge in [-0.3, -0.25) is 4.79 Å². The Labute approximate surface area is 103 Å². The number of carbonyl (C=O) groups is 1. The highest BCUT2D eigenvalue weighted by molar-refractivity contribution is 9.09. The molecule has 3 heteroatoms. The Balaban J connectivity index is 2.33. The average molecular weight is 278 g/mol. The summed E-state index contributed by atoms with van der Waals surface area (Å²) in [6.07, 6.45) is 0.489. The molecule has 2 nitrogen and oxygen atoms in total. The maximum atomic E-state index is 11.5. The zero-order chi connectivity index (χ0) is 11.4. The Hall–Kier alpha value is -1.35. The number of nitrogens with one attached hydrogen (secondary N) is 1. The summed E-state index contributed by atoms with van der Waals surface area (Å²) in [6.45, 7) is 0. The van der Waals surface area contributed by atoms with E-state index in [1.165, 1.54) is 0 Å². The van der Waals surface area contributed by atoms with Crippen LogP contribution in [0.3, 0.4) is 0 Å². The van der Waals surface area contributed by atoms with Crippen LogP contribution < -0.4 is 5.32 Å². The van der Waals surface area contributed by atoms with Crippen LogP contribution in [0.5, 0.6) is 0 Å². The van der Waals surface area contributed by atoms with Crippen molar-refractivity contribution in [2.24, 2.45) is 0 Å². The van der Waals surface area contributed by atoms with Gasteiger partial charge in [0.1, 0.15) is 0 Å². The van der Waals surface area contributed by atoms with Crippen LogP contribution in [0.1, 0.15) is 6.42 Å². The number of amides is 1. The van der Waals surface area contributed by atoms with Crippen LogP contribution in [0.2, 0.25) is 0 Å². The van der Waals surface area contributed by atoms with Gasteiger partial charge >= 0.3 is 0 Å². The van der Waals surface area contributed by atoms with Crippen LogP contribution >= 0.6 is 15.9 Å². The Kier molecular flexibility index (Phi) is 3.57. The lowest BCUT2D eigenvalue weighted by molar-refractivity contribution is -0.115. The van der Waals surface area contributed by atoms with E-state index >= 15 is 0 Å². The Morgan fingerprint density at radius 2 is 1.88 bits per heavy atom. The highest BCUT2D eigenvalue weighted by Gasteiger charge is 2.04. The molecule has 0 bridgehead atoms. The topological polar surface area (TPSA) is 29.1 Å². The van der Waals surface area contributed by atoms with Gasteiger partial charge in [-0.15, -0.1) is 0 Å². The van der Waals surface area contributed by atoms with Crippen molar-refractivity contribution in [1.82, 2.24) is 0 Å². The fraction of sp³-hybridized carbons (Fsp3) is 0.154. The van der Waals surface area contributed by atoms with Gasteiger partial charge in [-0.1, -0.05) is 52.3 Å². The van der Waals surface area contributed by atoms with Gasteiger partial charge in [0.05, 0.1) is 0 Å².